The predicted molar refractivity (Wildman–Crippen MR) is 70.9 cm³/mol. The van der Waals surface area contributed by atoms with E-state index >= 15 is 0 Å². The summed E-state index contributed by atoms with van der Waals surface area (Å²) < 4.78 is 31.7. The average Bonchev–Trinajstić information content (AvgIpc) is 3.22. The van der Waals surface area contributed by atoms with Crippen LogP contribution in [0.5, 0.6) is 0 Å². The summed E-state index contributed by atoms with van der Waals surface area (Å²) in [6, 6.07) is 3.11. The molecule has 0 spiro atoms. The van der Waals surface area contributed by atoms with Crippen molar-refractivity contribution in [3.05, 3.63) is 24.0 Å². The van der Waals surface area contributed by atoms with Gasteiger partial charge in [-0.05, 0) is 30.9 Å². The van der Waals surface area contributed by atoms with Crippen LogP contribution in [-0.2, 0) is 21.3 Å². The fourth-order valence-corrected chi connectivity index (χ4v) is 2.51. The lowest BCUT2D eigenvalue weighted by Gasteiger charge is -2.07. The van der Waals surface area contributed by atoms with E-state index in [1.54, 1.807) is 6.07 Å². The molecule has 3 N–H and O–H groups in total. The maximum atomic E-state index is 11.9. The van der Waals surface area contributed by atoms with Gasteiger partial charge in [-0.25, -0.2) is 13.1 Å². The Kier molecular flexibility index (Phi) is 4.87. The number of aromatic nitrogens is 1. The topological polar surface area (TPSA) is 94.3 Å². The Morgan fingerprint density at radius 1 is 1.42 bits per heavy atom. The standard InChI is InChI=1S/C12H19N3O3S/c13-7-11-3-4-12(8-14-11)19(16,17)15-5-6-18-9-10-1-2-10/h3-4,8,10,15H,1-2,5-7,9,13H2. The first-order valence-electron chi connectivity index (χ1n) is 6.34. The lowest BCUT2D eigenvalue weighted by Crippen LogP contribution is -2.27. The Morgan fingerprint density at radius 2 is 2.21 bits per heavy atom. The molecule has 19 heavy (non-hydrogen) atoms. The van der Waals surface area contributed by atoms with Crippen molar-refractivity contribution in [2.24, 2.45) is 11.7 Å². The molecule has 0 amide bonds. The van der Waals surface area contributed by atoms with E-state index in [4.69, 9.17) is 10.5 Å². The Hall–Kier alpha value is -1.02. The highest BCUT2D eigenvalue weighted by molar-refractivity contribution is 7.89. The minimum Gasteiger partial charge on any atom is -0.380 e. The first kappa shape index (κ1) is 14.4. The van der Waals surface area contributed by atoms with Crippen LogP contribution in [0.4, 0.5) is 0 Å². The van der Waals surface area contributed by atoms with Gasteiger partial charge in [0.1, 0.15) is 4.90 Å². The summed E-state index contributed by atoms with van der Waals surface area (Å²) in [5.74, 6) is 0.685. The van der Waals surface area contributed by atoms with Crippen LogP contribution < -0.4 is 10.5 Å². The highest BCUT2D eigenvalue weighted by Gasteiger charge is 2.21. The van der Waals surface area contributed by atoms with Gasteiger partial charge in [-0.15, -0.1) is 0 Å². The first-order chi connectivity index (χ1) is 9.12. The Labute approximate surface area is 113 Å². The second-order valence-electron chi connectivity index (χ2n) is 4.61. The molecule has 7 heteroatoms. The van der Waals surface area contributed by atoms with E-state index in [1.165, 1.54) is 25.1 Å². The summed E-state index contributed by atoms with van der Waals surface area (Å²) in [7, 11) is -3.50. The number of pyridine rings is 1. The maximum Gasteiger partial charge on any atom is 0.242 e. The molecule has 0 bridgehead atoms. The second kappa shape index (κ2) is 6.42. The minimum absolute atomic E-state index is 0.145. The van der Waals surface area contributed by atoms with Crippen molar-refractivity contribution in [1.29, 1.82) is 0 Å². The van der Waals surface area contributed by atoms with Crippen molar-refractivity contribution < 1.29 is 13.2 Å². The number of hydrogen-bond acceptors (Lipinski definition) is 5. The van der Waals surface area contributed by atoms with E-state index in [0.29, 0.717) is 24.8 Å². The first-order valence-corrected chi connectivity index (χ1v) is 7.82. The van der Waals surface area contributed by atoms with Crippen molar-refractivity contribution in [3.8, 4) is 0 Å². The molecule has 0 radical (unpaired) electrons. The van der Waals surface area contributed by atoms with E-state index in [2.05, 4.69) is 9.71 Å². The summed E-state index contributed by atoms with van der Waals surface area (Å²) in [5, 5.41) is 0. The van der Waals surface area contributed by atoms with E-state index in [9.17, 15) is 8.42 Å². The lowest BCUT2D eigenvalue weighted by molar-refractivity contribution is 0.129. The monoisotopic (exact) mass is 285 g/mol. The summed E-state index contributed by atoms with van der Waals surface area (Å²) in [5.41, 5.74) is 6.07. The van der Waals surface area contributed by atoms with E-state index in [1.807, 2.05) is 0 Å². The molecular formula is C12H19N3O3S. The van der Waals surface area contributed by atoms with Crippen LogP contribution in [0.2, 0.25) is 0 Å². The van der Waals surface area contributed by atoms with Crippen LogP contribution in [0.15, 0.2) is 23.2 Å². The van der Waals surface area contributed by atoms with Crippen molar-refractivity contribution in [1.82, 2.24) is 9.71 Å². The zero-order chi connectivity index (χ0) is 13.7. The van der Waals surface area contributed by atoms with Crippen LogP contribution in [0.1, 0.15) is 18.5 Å². The van der Waals surface area contributed by atoms with Gasteiger partial charge in [0, 0.05) is 25.9 Å². The van der Waals surface area contributed by atoms with Crippen LogP contribution in [0, 0.1) is 5.92 Å². The SMILES string of the molecule is NCc1ccc(S(=O)(=O)NCCOCC2CC2)cn1. The lowest BCUT2D eigenvalue weighted by atomic mass is 10.4. The van der Waals surface area contributed by atoms with Crippen LogP contribution >= 0.6 is 0 Å². The van der Waals surface area contributed by atoms with E-state index in [-0.39, 0.29) is 11.4 Å². The van der Waals surface area contributed by atoms with Gasteiger partial charge < -0.3 is 10.5 Å². The second-order valence-corrected chi connectivity index (χ2v) is 6.37. The van der Waals surface area contributed by atoms with Gasteiger partial charge in [-0.2, -0.15) is 0 Å². The number of nitrogens with two attached hydrogens (primary N) is 1. The molecule has 0 aromatic carbocycles. The molecule has 1 aliphatic rings. The van der Waals surface area contributed by atoms with E-state index in [0.717, 1.165) is 6.61 Å². The summed E-state index contributed by atoms with van der Waals surface area (Å²) in [4.78, 5) is 4.11. The molecular weight excluding hydrogens is 266 g/mol. The Balaban J connectivity index is 1.78. The van der Waals surface area contributed by atoms with Gasteiger partial charge in [0.15, 0.2) is 0 Å². The van der Waals surface area contributed by atoms with Gasteiger partial charge in [0.25, 0.3) is 0 Å². The number of nitrogens with zero attached hydrogens (tertiary/aromatic N) is 1. The highest BCUT2D eigenvalue weighted by Crippen LogP contribution is 2.28. The quantitative estimate of drug-likeness (QED) is 0.667. The summed E-state index contributed by atoms with van der Waals surface area (Å²) in [6.45, 7) is 1.69. The maximum absolute atomic E-state index is 11.9. The third kappa shape index (κ3) is 4.54. The van der Waals surface area contributed by atoms with Gasteiger partial charge in [-0.3, -0.25) is 4.98 Å². The highest BCUT2D eigenvalue weighted by atomic mass is 32.2. The summed E-state index contributed by atoms with van der Waals surface area (Å²) in [6.07, 6.45) is 3.77. The van der Waals surface area contributed by atoms with Crippen molar-refractivity contribution in [2.75, 3.05) is 19.8 Å². The van der Waals surface area contributed by atoms with Gasteiger partial charge in [-0.1, -0.05) is 0 Å². The molecule has 1 heterocycles. The fraction of sp³-hybridized carbons (Fsp3) is 0.583. The van der Waals surface area contributed by atoms with Gasteiger partial charge >= 0.3 is 0 Å². The minimum atomic E-state index is -3.50. The third-order valence-electron chi connectivity index (χ3n) is 2.91. The molecule has 2 rings (SSSR count). The Morgan fingerprint density at radius 3 is 2.79 bits per heavy atom. The zero-order valence-electron chi connectivity index (χ0n) is 10.7. The normalized spacial score (nSPS) is 15.6. The molecule has 1 fully saturated rings. The molecule has 0 atom stereocenters. The van der Waals surface area contributed by atoms with Crippen LogP contribution in [0.3, 0.4) is 0 Å². The summed E-state index contributed by atoms with van der Waals surface area (Å²) >= 11 is 0. The number of ether oxygens (including phenoxy) is 1. The van der Waals surface area contributed by atoms with Crippen LogP contribution in [0.25, 0.3) is 0 Å². The number of sulfonamides is 1. The van der Waals surface area contributed by atoms with Crippen molar-refractivity contribution in [3.63, 3.8) is 0 Å². The molecule has 1 aliphatic carbocycles. The van der Waals surface area contributed by atoms with Crippen LogP contribution in [-0.4, -0.2) is 33.2 Å². The average molecular weight is 285 g/mol. The number of hydrogen-bond donors (Lipinski definition) is 2. The molecule has 0 aliphatic heterocycles. The molecule has 6 nitrogen and oxygen atoms in total. The molecule has 0 saturated heterocycles. The molecule has 1 aromatic heterocycles. The smallest absolute Gasteiger partial charge is 0.242 e. The largest absolute Gasteiger partial charge is 0.380 e. The molecule has 1 aromatic rings. The van der Waals surface area contributed by atoms with Crippen molar-refractivity contribution in [2.45, 2.75) is 24.3 Å². The fourth-order valence-electron chi connectivity index (χ4n) is 1.56. The molecule has 1 saturated carbocycles. The number of rotatable bonds is 8. The molecule has 106 valence electrons. The predicted octanol–water partition coefficient (Wildman–Crippen LogP) is 0.245. The van der Waals surface area contributed by atoms with Gasteiger partial charge in [0.2, 0.25) is 10.0 Å². The van der Waals surface area contributed by atoms with Gasteiger partial charge in [0.05, 0.1) is 12.3 Å². The van der Waals surface area contributed by atoms with E-state index < -0.39 is 10.0 Å². The van der Waals surface area contributed by atoms with Crippen molar-refractivity contribution >= 4 is 10.0 Å². The Bertz CT molecular complexity index is 497. The third-order valence-corrected chi connectivity index (χ3v) is 4.35. The molecule has 0 unspecified atom stereocenters. The number of nitrogens with one attached hydrogen (secondary N) is 1. The zero-order valence-corrected chi connectivity index (χ0v) is 11.5.